The van der Waals surface area contributed by atoms with Gasteiger partial charge in [-0.25, -0.2) is 0 Å². The van der Waals surface area contributed by atoms with E-state index in [2.05, 4.69) is 5.32 Å². The number of ether oxygens (including phenoxy) is 4. The molecular weight excluding hydrogens is 294 g/mol. The fourth-order valence-electron chi connectivity index (χ4n) is 2.21. The van der Waals surface area contributed by atoms with E-state index in [1.54, 1.807) is 20.3 Å². The molecule has 1 aromatic carbocycles. The van der Waals surface area contributed by atoms with E-state index in [1.165, 1.54) is 0 Å². The molecule has 21 heavy (non-hydrogen) atoms. The van der Waals surface area contributed by atoms with Gasteiger partial charge in [0.1, 0.15) is 6.10 Å². The molecule has 0 spiro atoms. The maximum atomic E-state index is 6.14. The van der Waals surface area contributed by atoms with Crippen molar-refractivity contribution in [3.8, 4) is 11.5 Å². The van der Waals surface area contributed by atoms with E-state index in [1.807, 2.05) is 6.07 Å². The van der Waals surface area contributed by atoms with Gasteiger partial charge in [0.15, 0.2) is 11.5 Å². The first-order valence-electron chi connectivity index (χ1n) is 7.05. The predicted octanol–water partition coefficient (Wildman–Crippen LogP) is 2.25. The lowest BCUT2D eigenvalue weighted by Crippen LogP contribution is -2.21. The van der Waals surface area contributed by atoms with Gasteiger partial charge in [0, 0.05) is 43.3 Å². The Morgan fingerprint density at radius 2 is 2.24 bits per heavy atom. The number of methoxy groups -OCH3 is 2. The van der Waals surface area contributed by atoms with Crippen LogP contribution in [0.3, 0.4) is 0 Å². The largest absolute Gasteiger partial charge is 0.493 e. The van der Waals surface area contributed by atoms with Crippen LogP contribution in [0.2, 0.25) is 5.02 Å². The second-order valence-corrected chi connectivity index (χ2v) is 5.31. The summed E-state index contributed by atoms with van der Waals surface area (Å²) in [7, 11) is 3.30. The van der Waals surface area contributed by atoms with Crippen molar-refractivity contribution in [3.05, 3.63) is 22.7 Å². The highest BCUT2D eigenvalue weighted by Crippen LogP contribution is 2.36. The molecule has 0 amide bonds. The number of hydrogen-bond acceptors (Lipinski definition) is 5. The zero-order valence-electron chi connectivity index (χ0n) is 12.5. The van der Waals surface area contributed by atoms with Crippen LogP contribution in [0, 0.1) is 0 Å². The molecule has 0 saturated carbocycles. The number of hydrogen-bond donors (Lipinski definition) is 1. The Bertz CT molecular complexity index is 450. The van der Waals surface area contributed by atoms with Gasteiger partial charge in [-0.15, -0.1) is 0 Å². The summed E-state index contributed by atoms with van der Waals surface area (Å²) in [5.74, 6) is 1.39. The first-order chi connectivity index (χ1) is 10.2. The SMILES string of the molecule is COCCNCc1cc(Cl)cc(OC)c1OC1CCOC1. The molecule has 5 nitrogen and oxygen atoms in total. The van der Waals surface area contributed by atoms with E-state index < -0.39 is 0 Å². The van der Waals surface area contributed by atoms with E-state index in [0.29, 0.717) is 30.5 Å². The molecule has 0 aliphatic carbocycles. The molecule has 6 heteroatoms. The molecule has 0 radical (unpaired) electrons. The van der Waals surface area contributed by atoms with Gasteiger partial charge in [-0.05, 0) is 6.07 Å². The molecular formula is C15H22ClNO4. The van der Waals surface area contributed by atoms with Crippen molar-refractivity contribution in [1.82, 2.24) is 5.32 Å². The molecule has 2 rings (SSSR count). The highest BCUT2D eigenvalue weighted by molar-refractivity contribution is 6.30. The molecule has 1 aromatic rings. The first kappa shape index (κ1) is 16.4. The van der Waals surface area contributed by atoms with Crippen molar-refractivity contribution in [1.29, 1.82) is 0 Å². The van der Waals surface area contributed by atoms with Crippen LogP contribution in [-0.2, 0) is 16.0 Å². The van der Waals surface area contributed by atoms with Crippen molar-refractivity contribution in [3.63, 3.8) is 0 Å². The lowest BCUT2D eigenvalue weighted by Gasteiger charge is -2.19. The normalized spacial score (nSPS) is 18.0. The van der Waals surface area contributed by atoms with Crippen LogP contribution in [0.15, 0.2) is 12.1 Å². The summed E-state index contributed by atoms with van der Waals surface area (Å²) < 4.78 is 21.8. The Morgan fingerprint density at radius 3 is 2.90 bits per heavy atom. The van der Waals surface area contributed by atoms with Gasteiger partial charge in [0.25, 0.3) is 0 Å². The smallest absolute Gasteiger partial charge is 0.166 e. The second-order valence-electron chi connectivity index (χ2n) is 4.87. The maximum absolute atomic E-state index is 6.14. The minimum Gasteiger partial charge on any atom is -0.493 e. The van der Waals surface area contributed by atoms with Gasteiger partial charge in [-0.1, -0.05) is 11.6 Å². The molecule has 1 aliphatic rings. The highest BCUT2D eigenvalue weighted by atomic mass is 35.5. The van der Waals surface area contributed by atoms with Crippen molar-refractivity contribution >= 4 is 11.6 Å². The third kappa shape index (κ3) is 4.74. The third-order valence-corrected chi connectivity index (χ3v) is 3.51. The minimum absolute atomic E-state index is 0.0674. The summed E-state index contributed by atoms with van der Waals surface area (Å²) in [6, 6.07) is 3.67. The molecule has 1 fully saturated rings. The van der Waals surface area contributed by atoms with E-state index in [4.69, 9.17) is 30.5 Å². The molecule has 118 valence electrons. The zero-order chi connectivity index (χ0) is 15.1. The predicted molar refractivity (Wildman–Crippen MR) is 81.4 cm³/mol. The van der Waals surface area contributed by atoms with E-state index in [-0.39, 0.29) is 6.10 Å². The van der Waals surface area contributed by atoms with Gasteiger partial charge in [-0.3, -0.25) is 0 Å². The van der Waals surface area contributed by atoms with E-state index >= 15 is 0 Å². The molecule has 1 saturated heterocycles. The summed E-state index contributed by atoms with van der Waals surface area (Å²) >= 11 is 6.14. The standard InChI is InChI=1S/C15H22ClNO4/c1-18-6-4-17-9-11-7-12(16)8-14(19-2)15(11)21-13-3-5-20-10-13/h7-8,13,17H,3-6,9-10H2,1-2H3. The first-order valence-corrected chi connectivity index (χ1v) is 7.43. The van der Waals surface area contributed by atoms with Gasteiger partial charge >= 0.3 is 0 Å². The summed E-state index contributed by atoms with van der Waals surface area (Å²) in [4.78, 5) is 0. The Hall–Kier alpha value is -1.01. The summed E-state index contributed by atoms with van der Waals surface area (Å²) in [5.41, 5.74) is 0.974. The average Bonchev–Trinajstić information content (AvgIpc) is 2.98. The molecule has 0 bridgehead atoms. The summed E-state index contributed by atoms with van der Waals surface area (Å²) in [5, 5.41) is 3.93. The number of halogens is 1. The van der Waals surface area contributed by atoms with Crippen molar-refractivity contribution in [2.45, 2.75) is 19.1 Å². The second kappa shape index (κ2) is 8.44. The fraction of sp³-hybridized carbons (Fsp3) is 0.600. The van der Waals surface area contributed by atoms with Crippen LogP contribution < -0.4 is 14.8 Å². The number of nitrogens with one attached hydrogen (secondary N) is 1. The summed E-state index contributed by atoms with van der Waals surface area (Å²) in [6.45, 7) is 3.41. The Balaban J connectivity index is 2.12. The monoisotopic (exact) mass is 315 g/mol. The zero-order valence-corrected chi connectivity index (χ0v) is 13.2. The molecule has 1 unspecified atom stereocenters. The van der Waals surface area contributed by atoms with Crippen LogP contribution in [0.4, 0.5) is 0 Å². The third-order valence-electron chi connectivity index (χ3n) is 3.29. The minimum atomic E-state index is 0.0674. The lowest BCUT2D eigenvalue weighted by atomic mass is 10.1. The Kier molecular flexibility index (Phi) is 6.57. The van der Waals surface area contributed by atoms with Crippen molar-refractivity contribution in [2.24, 2.45) is 0 Å². The number of benzene rings is 1. The van der Waals surface area contributed by atoms with Gasteiger partial charge in [0.05, 0.1) is 26.9 Å². The molecule has 1 N–H and O–H groups in total. The van der Waals surface area contributed by atoms with Crippen molar-refractivity contribution in [2.75, 3.05) is 40.6 Å². The van der Waals surface area contributed by atoms with Gasteiger partial charge < -0.3 is 24.3 Å². The Labute approximate surface area is 130 Å². The topological polar surface area (TPSA) is 49.0 Å². The van der Waals surface area contributed by atoms with E-state index in [9.17, 15) is 0 Å². The summed E-state index contributed by atoms with van der Waals surface area (Å²) in [6.07, 6.45) is 0.959. The molecule has 0 aromatic heterocycles. The average molecular weight is 316 g/mol. The van der Waals surface area contributed by atoms with Gasteiger partial charge in [0.2, 0.25) is 0 Å². The van der Waals surface area contributed by atoms with E-state index in [0.717, 1.165) is 30.9 Å². The Morgan fingerprint density at radius 1 is 1.38 bits per heavy atom. The van der Waals surface area contributed by atoms with Crippen LogP contribution in [0.5, 0.6) is 11.5 Å². The van der Waals surface area contributed by atoms with Gasteiger partial charge in [-0.2, -0.15) is 0 Å². The molecule has 1 heterocycles. The lowest BCUT2D eigenvalue weighted by molar-refractivity contribution is 0.137. The molecule has 1 atom stereocenters. The van der Waals surface area contributed by atoms with Crippen LogP contribution >= 0.6 is 11.6 Å². The van der Waals surface area contributed by atoms with Crippen LogP contribution in [0.25, 0.3) is 0 Å². The maximum Gasteiger partial charge on any atom is 0.166 e. The van der Waals surface area contributed by atoms with Crippen molar-refractivity contribution < 1.29 is 18.9 Å². The molecule has 1 aliphatic heterocycles. The van der Waals surface area contributed by atoms with Crippen LogP contribution in [-0.4, -0.2) is 46.7 Å². The quantitative estimate of drug-likeness (QED) is 0.746. The number of rotatable bonds is 8. The fourth-order valence-corrected chi connectivity index (χ4v) is 2.44. The van der Waals surface area contributed by atoms with Crippen LogP contribution in [0.1, 0.15) is 12.0 Å². The highest BCUT2D eigenvalue weighted by Gasteiger charge is 2.21.